The molecule has 3 rings (SSSR count). The lowest BCUT2D eigenvalue weighted by Crippen LogP contribution is -2.45. The summed E-state index contributed by atoms with van der Waals surface area (Å²) in [5.41, 5.74) is 0.983. The lowest BCUT2D eigenvalue weighted by Gasteiger charge is -2.32. The predicted octanol–water partition coefficient (Wildman–Crippen LogP) is 2.95. The van der Waals surface area contributed by atoms with Gasteiger partial charge in [-0.15, -0.1) is 0 Å². The maximum absolute atomic E-state index is 13.2. The quantitative estimate of drug-likeness (QED) is 0.835. The average molecular weight is 377 g/mol. The number of aromatic nitrogens is 1. The Morgan fingerprint density at radius 2 is 1.88 bits per heavy atom. The van der Waals surface area contributed by atoms with Gasteiger partial charge in [0.1, 0.15) is 6.26 Å². The monoisotopic (exact) mass is 377 g/mol. The standard InChI is InChI=1S/C18H23N3O4S/c1-14-7-9-16(10-8-14)26(23,24)21(15-5-3-2-4-6-15)13-18(22)19-17-11-12-25-20-17/h7-12,15H,2-6,13H2,1H3,(H,19,20,22). The number of hydrogen-bond acceptors (Lipinski definition) is 5. The number of sulfonamides is 1. The molecule has 1 aromatic carbocycles. The minimum absolute atomic E-state index is 0.168. The lowest BCUT2D eigenvalue weighted by molar-refractivity contribution is -0.116. The van der Waals surface area contributed by atoms with Crippen LogP contribution in [0.4, 0.5) is 5.82 Å². The molecule has 26 heavy (non-hydrogen) atoms. The van der Waals surface area contributed by atoms with Gasteiger partial charge in [-0.1, -0.05) is 42.1 Å². The van der Waals surface area contributed by atoms with E-state index < -0.39 is 15.9 Å². The Hall–Kier alpha value is -2.19. The molecule has 1 heterocycles. The number of nitrogens with one attached hydrogen (secondary N) is 1. The van der Waals surface area contributed by atoms with Crippen molar-refractivity contribution < 1.29 is 17.7 Å². The van der Waals surface area contributed by atoms with E-state index in [0.717, 1.165) is 37.7 Å². The first-order valence-electron chi connectivity index (χ1n) is 8.75. The van der Waals surface area contributed by atoms with Crippen molar-refractivity contribution in [2.24, 2.45) is 0 Å². The SMILES string of the molecule is Cc1ccc(S(=O)(=O)N(CC(=O)Nc2ccon2)C2CCCCC2)cc1. The molecule has 0 radical (unpaired) electrons. The number of amides is 1. The lowest BCUT2D eigenvalue weighted by atomic mass is 9.95. The molecule has 1 aliphatic rings. The molecule has 0 saturated heterocycles. The third-order valence-corrected chi connectivity index (χ3v) is 6.53. The number of nitrogens with zero attached hydrogens (tertiary/aromatic N) is 2. The van der Waals surface area contributed by atoms with Gasteiger partial charge in [-0.25, -0.2) is 8.42 Å². The van der Waals surface area contributed by atoms with Crippen molar-refractivity contribution in [1.29, 1.82) is 0 Å². The van der Waals surface area contributed by atoms with Gasteiger partial charge in [-0.05, 0) is 31.9 Å². The van der Waals surface area contributed by atoms with Gasteiger partial charge in [0.05, 0.1) is 11.4 Å². The van der Waals surface area contributed by atoms with E-state index in [1.165, 1.54) is 16.6 Å². The molecule has 1 saturated carbocycles. The topological polar surface area (TPSA) is 92.5 Å². The summed E-state index contributed by atoms with van der Waals surface area (Å²) < 4.78 is 32.4. The van der Waals surface area contributed by atoms with Crippen molar-refractivity contribution in [3.8, 4) is 0 Å². The van der Waals surface area contributed by atoms with E-state index >= 15 is 0 Å². The molecule has 140 valence electrons. The summed E-state index contributed by atoms with van der Waals surface area (Å²) in [4.78, 5) is 12.6. The van der Waals surface area contributed by atoms with Crippen LogP contribution in [-0.4, -0.2) is 36.4 Å². The van der Waals surface area contributed by atoms with Gasteiger partial charge < -0.3 is 9.84 Å². The predicted molar refractivity (Wildman–Crippen MR) is 97.1 cm³/mol. The fourth-order valence-corrected chi connectivity index (χ4v) is 4.87. The molecular weight excluding hydrogens is 354 g/mol. The molecule has 1 aliphatic carbocycles. The van der Waals surface area contributed by atoms with Crippen molar-refractivity contribution in [3.63, 3.8) is 0 Å². The minimum atomic E-state index is -3.76. The first-order chi connectivity index (χ1) is 12.5. The number of rotatable bonds is 6. The zero-order valence-electron chi connectivity index (χ0n) is 14.7. The van der Waals surface area contributed by atoms with Gasteiger partial charge in [0.15, 0.2) is 5.82 Å². The third kappa shape index (κ3) is 4.31. The van der Waals surface area contributed by atoms with Gasteiger partial charge in [0.2, 0.25) is 15.9 Å². The van der Waals surface area contributed by atoms with Gasteiger partial charge in [-0.3, -0.25) is 4.79 Å². The summed E-state index contributed by atoms with van der Waals surface area (Å²) in [5.74, 6) is -0.161. The first kappa shape index (κ1) is 18.6. The van der Waals surface area contributed by atoms with E-state index in [9.17, 15) is 13.2 Å². The highest BCUT2D eigenvalue weighted by Crippen LogP contribution is 2.28. The zero-order valence-corrected chi connectivity index (χ0v) is 15.5. The first-order valence-corrected chi connectivity index (χ1v) is 10.2. The zero-order chi connectivity index (χ0) is 18.6. The normalized spacial score (nSPS) is 15.9. The Balaban J connectivity index is 1.84. The highest BCUT2D eigenvalue weighted by molar-refractivity contribution is 7.89. The molecule has 1 fully saturated rings. The summed E-state index contributed by atoms with van der Waals surface area (Å²) >= 11 is 0. The summed E-state index contributed by atoms with van der Waals surface area (Å²) in [6.07, 6.45) is 5.91. The fraction of sp³-hybridized carbons (Fsp3) is 0.444. The van der Waals surface area contributed by atoms with Crippen molar-refractivity contribution in [2.45, 2.75) is 50.0 Å². The molecule has 1 N–H and O–H groups in total. The second-order valence-electron chi connectivity index (χ2n) is 6.59. The van der Waals surface area contributed by atoms with E-state index in [1.807, 2.05) is 6.92 Å². The number of anilines is 1. The number of benzene rings is 1. The van der Waals surface area contributed by atoms with Crippen molar-refractivity contribution in [1.82, 2.24) is 9.46 Å². The van der Waals surface area contributed by atoms with Crippen LogP contribution in [0.3, 0.4) is 0 Å². The van der Waals surface area contributed by atoms with Crippen LogP contribution in [0, 0.1) is 6.92 Å². The second kappa shape index (κ2) is 8.01. The maximum Gasteiger partial charge on any atom is 0.243 e. The Bertz CT molecular complexity index is 826. The molecule has 2 aromatic rings. The number of aryl methyl sites for hydroxylation is 1. The molecule has 7 nitrogen and oxygen atoms in total. The maximum atomic E-state index is 13.2. The highest BCUT2D eigenvalue weighted by atomic mass is 32.2. The van der Waals surface area contributed by atoms with Crippen LogP contribution in [0.1, 0.15) is 37.7 Å². The summed E-state index contributed by atoms with van der Waals surface area (Å²) in [5, 5.41) is 6.21. The van der Waals surface area contributed by atoms with E-state index in [4.69, 9.17) is 0 Å². The molecule has 0 spiro atoms. The van der Waals surface area contributed by atoms with Crippen LogP contribution in [0.25, 0.3) is 0 Å². The second-order valence-corrected chi connectivity index (χ2v) is 8.48. The minimum Gasteiger partial charge on any atom is -0.363 e. The molecule has 0 unspecified atom stereocenters. The molecule has 1 amide bonds. The molecule has 1 aromatic heterocycles. The number of hydrogen-bond donors (Lipinski definition) is 1. The summed E-state index contributed by atoms with van der Waals surface area (Å²) in [7, 11) is -3.76. The van der Waals surface area contributed by atoms with Crippen molar-refractivity contribution in [2.75, 3.05) is 11.9 Å². The van der Waals surface area contributed by atoms with E-state index in [2.05, 4.69) is 15.0 Å². The van der Waals surface area contributed by atoms with Crippen LogP contribution in [-0.2, 0) is 14.8 Å². The Morgan fingerprint density at radius 3 is 2.50 bits per heavy atom. The van der Waals surface area contributed by atoms with Crippen molar-refractivity contribution >= 4 is 21.7 Å². The molecule has 0 atom stereocenters. The molecule has 0 aliphatic heterocycles. The summed E-state index contributed by atoms with van der Waals surface area (Å²) in [6, 6.07) is 8.06. The highest BCUT2D eigenvalue weighted by Gasteiger charge is 2.34. The van der Waals surface area contributed by atoms with Crippen LogP contribution < -0.4 is 5.32 Å². The van der Waals surface area contributed by atoms with Gasteiger partial charge in [0, 0.05) is 12.1 Å². The van der Waals surface area contributed by atoms with E-state index in [-0.39, 0.29) is 23.3 Å². The smallest absolute Gasteiger partial charge is 0.243 e. The van der Waals surface area contributed by atoms with Crippen LogP contribution in [0.15, 0.2) is 46.0 Å². The average Bonchev–Trinajstić information content (AvgIpc) is 3.13. The Morgan fingerprint density at radius 1 is 1.19 bits per heavy atom. The van der Waals surface area contributed by atoms with Gasteiger partial charge in [0.25, 0.3) is 0 Å². The molecular formula is C18H23N3O4S. The van der Waals surface area contributed by atoms with E-state index in [1.54, 1.807) is 24.3 Å². The van der Waals surface area contributed by atoms with Crippen molar-refractivity contribution in [3.05, 3.63) is 42.2 Å². The van der Waals surface area contributed by atoms with E-state index in [0.29, 0.717) is 0 Å². The van der Waals surface area contributed by atoms with Gasteiger partial charge >= 0.3 is 0 Å². The number of carbonyl (C=O) groups excluding carboxylic acids is 1. The fourth-order valence-electron chi connectivity index (χ4n) is 3.23. The Kier molecular flexibility index (Phi) is 5.73. The molecule has 0 bridgehead atoms. The number of carbonyl (C=O) groups is 1. The van der Waals surface area contributed by atoms with Gasteiger partial charge in [-0.2, -0.15) is 4.31 Å². The molecule has 8 heteroatoms. The summed E-state index contributed by atoms with van der Waals surface area (Å²) in [6.45, 7) is 1.66. The van der Waals surface area contributed by atoms with Crippen LogP contribution >= 0.6 is 0 Å². The largest absolute Gasteiger partial charge is 0.363 e. The third-order valence-electron chi connectivity index (χ3n) is 4.61. The van der Waals surface area contributed by atoms with Crippen LogP contribution in [0.5, 0.6) is 0 Å². The Labute approximate surface area is 153 Å². The van der Waals surface area contributed by atoms with Crippen LogP contribution in [0.2, 0.25) is 0 Å².